The summed E-state index contributed by atoms with van der Waals surface area (Å²) in [7, 11) is 0. The van der Waals surface area contributed by atoms with Crippen LogP contribution in [-0.2, 0) is 4.74 Å². The molecule has 1 aliphatic heterocycles. The maximum atomic E-state index is 11.4. The number of amides is 1. The largest absolute Gasteiger partial charge is 0.447 e. The molecule has 1 amide bonds. The van der Waals surface area contributed by atoms with Gasteiger partial charge in [0.2, 0.25) is 0 Å². The number of rotatable bonds is 1. The van der Waals surface area contributed by atoms with Crippen LogP contribution in [0.25, 0.3) is 0 Å². The Morgan fingerprint density at radius 1 is 1.62 bits per heavy atom. The van der Waals surface area contributed by atoms with Gasteiger partial charge in [-0.2, -0.15) is 11.8 Å². The molecule has 0 bridgehead atoms. The highest BCUT2D eigenvalue weighted by molar-refractivity contribution is 7.99. The summed E-state index contributed by atoms with van der Waals surface area (Å²) < 4.78 is 5.12. The molecule has 0 radical (unpaired) electrons. The fraction of sp³-hybridized carbons (Fsp3) is 0.889. The molecule has 0 aromatic rings. The minimum absolute atomic E-state index is 0.0163. The van der Waals surface area contributed by atoms with Crippen molar-refractivity contribution in [1.29, 1.82) is 0 Å². The van der Waals surface area contributed by atoms with E-state index in [4.69, 9.17) is 4.74 Å². The van der Waals surface area contributed by atoms with Crippen LogP contribution < -0.4 is 0 Å². The Bertz CT molecular complexity index is 184. The van der Waals surface area contributed by atoms with E-state index in [0.29, 0.717) is 5.25 Å². The van der Waals surface area contributed by atoms with Gasteiger partial charge in [0.15, 0.2) is 0 Å². The highest BCUT2D eigenvalue weighted by atomic mass is 32.2. The predicted molar refractivity (Wildman–Crippen MR) is 55.1 cm³/mol. The van der Waals surface area contributed by atoms with Crippen LogP contribution in [-0.4, -0.2) is 41.2 Å². The zero-order valence-electron chi connectivity index (χ0n) is 8.45. The summed E-state index contributed by atoms with van der Waals surface area (Å²) >= 11 is 1.91. The Morgan fingerprint density at radius 2 is 2.31 bits per heavy atom. The van der Waals surface area contributed by atoms with Gasteiger partial charge in [-0.15, -0.1) is 0 Å². The number of hydrogen-bond acceptors (Lipinski definition) is 3. The molecule has 1 fully saturated rings. The molecular formula is C9H17NO2S. The molecule has 0 aromatic carbocycles. The molecule has 1 rings (SSSR count). The van der Waals surface area contributed by atoms with Crippen molar-refractivity contribution in [2.75, 3.05) is 18.8 Å². The minimum atomic E-state index is -0.165. The summed E-state index contributed by atoms with van der Waals surface area (Å²) in [5.41, 5.74) is 0. The summed E-state index contributed by atoms with van der Waals surface area (Å²) in [5, 5.41) is 0.536. The third-order valence-electron chi connectivity index (χ3n) is 1.84. The van der Waals surface area contributed by atoms with E-state index in [1.54, 1.807) is 4.90 Å². The normalized spacial score (nSPS) is 23.4. The number of carbonyl (C=O) groups is 1. The first-order chi connectivity index (χ1) is 6.09. The van der Waals surface area contributed by atoms with Crippen molar-refractivity contribution in [3.05, 3.63) is 0 Å². The Hall–Kier alpha value is -0.380. The quantitative estimate of drug-likeness (QED) is 0.652. The molecule has 1 atom stereocenters. The number of thioether (sulfide) groups is 1. The van der Waals surface area contributed by atoms with E-state index >= 15 is 0 Å². The fourth-order valence-corrected chi connectivity index (χ4v) is 2.27. The molecule has 3 nitrogen and oxygen atoms in total. The van der Waals surface area contributed by atoms with Crippen molar-refractivity contribution >= 4 is 17.9 Å². The molecule has 1 unspecified atom stereocenters. The van der Waals surface area contributed by atoms with Gasteiger partial charge in [0, 0.05) is 24.1 Å². The van der Waals surface area contributed by atoms with Crippen LogP contribution in [0.15, 0.2) is 0 Å². The lowest BCUT2D eigenvalue weighted by Crippen LogP contribution is -2.42. The molecule has 1 aliphatic rings. The molecule has 76 valence electrons. The van der Waals surface area contributed by atoms with Crippen molar-refractivity contribution in [2.45, 2.75) is 32.1 Å². The topological polar surface area (TPSA) is 29.5 Å². The fourth-order valence-electron chi connectivity index (χ4n) is 1.26. The van der Waals surface area contributed by atoms with E-state index < -0.39 is 0 Å². The third kappa shape index (κ3) is 3.46. The minimum Gasteiger partial charge on any atom is -0.447 e. The van der Waals surface area contributed by atoms with Crippen molar-refractivity contribution in [2.24, 2.45) is 0 Å². The molecular weight excluding hydrogens is 186 g/mol. The third-order valence-corrected chi connectivity index (χ3v) is 2.97. The predicted octanol–water partition coefficient (Wildman–Crippen LogP) is 1.97. The van der Waals surface area contributed by atoms with Gasteiger partial charge in [0.1, 0.15) is 0 Å². The van der Waals surface area contributed by atoms with Crippen molar-refractivity contribution in [1.82, 2.24) is 4.90 Å². The van der Waals surface area contributed by atoms with Gasteiger partial charge < -0.3 is 9.64 Å². The second kappa shape index (κ2) is 4.74. The van der Waals surface area contributed by atoms with Gasteiger partial charge in [-0.1, -0.05) is 6.92 Å². The number of carbonyl (C=O) groups excluding carboxylic acids is 1. The summed E-state index contributed by atoms with van der Waals surface area (Å²) in [6.07, 6.45) is -0.181. The summed E-state index contributed by atoms with van der Waals surface area (Å²) in [6, 6.07) is 0. The molecule has 1 heterocycles. The average Bonchev–Trinajstić information content (AvgIpc) is 2.03. The van der Waals surface area contributed by atoms with E-state index in [2.05, 4.69) is 6.92 Å². The lowest BCUT2D eigenvalue weighted by molar-refractivity contribution is 0.0781. The standard InChI is InChI=1S/C9H17NO2S/c1-7(2)12-9(11)10-4-5-13-8(3)6-10/h7-8H,4-6H2,1-3H3. The summed E-state index contributed by atoms with van der Waals surface area (Å²) in [6.45, 7) is 7.52. The molecule has 1 saturated heterocycles. The lowest BCUT2D eigenvalue weighted by atomic mass is 10.4. The van der Waals surface area contributed by atoms with Crippen molar-refractivity contribution in [3.63, 3.8) is 0 Å². The molecule has 13 heavy (non-hydrogen) atoms. The van der Waals surface area contributed by atoms with Crippen LogP contribution in [0.5, 0.6) is 0 Å². The monoisotopic (exact) mass is 203 g/mol. The number of hydrogen-bond donors (Lipinski definition) is 0. The van der Waals surface area contributed by atoms with Gasteiger partial charge in [-0.3, -0.25) is 0 Å². The van der Waals surface area contributed by atoms with Gasteiger partial charge in [-0.05, 0) is 13.8 Å². The molecule has 0 N–H and O–H groups in total. The summed E-state index contributed by atoms with van der Waals surface area (Å²) in [5.74, 6) is 1.02. The molecule has 4 heteroatoms. The Morgan fingerprint density at radius 3 is 2.85 bits per heavy atom. The molecule has 0 aliphatic carbocycles. The van der Waals surface area contributed by atoms with E-state index in [1.807, 2.05) is 25.6 Å². The van der Waals surface area contributed by atoms with Gasteiger partial charge in [-0.25, -0.2) is 4.79 Å². The van der Waals surface area contributed by atoms with Crippen LogP contribution in [0, 0.1) is 0 Å². The van der Waals surface area contributed by atoms with Crippen LogP contribution in [0.4, 0.5) is 4.79 Å². The van der Waals surface area contributed by atoms with Crippen molar-refractivity contribution < 1.29 is 9.53 Å². The van der Waals surface area contributed by atoms with Gasteiger partial charge in [0.25, 0.3) is 0 Å². The van der Waals surface area contributed by atoms with Crippen LogP contribution in [0.1, 0.15) is 20.8 Å². The Balaban J connectivity index is 2.37. The number of ether oxygens (including phenoxy) is 1. The second-order valence-corrected chi connectivity index (χ2v) is 5.11. The van der Waals surface area contributed by atoms with E-state index in [9.17, 15) is 4.79 Å². The van der Waals surface area contributed by atoms with Crippen molar-refractivity contribution in [3.8, 4) is 0 Å². The molecule has 0 spiro atoms. The number of nitrogens with zero attached hydrogens (tertiary/aromatic N) is 1. The first-order valence-electron chi connectivity index (χ1n) is 4.66. The first kappa shape index (κ1) is 10.7. The van der Waals surface area contributed by atoms with E-state index in [-0.39, 0.29) is 12.2 Å². The highest BCUT2D eigenvalue weighted by Crippen LogP contribution is 2.18. The summed E-state index contributed by atoms with van der Waals surface area (Å²) in [4.78, 5) is 13.2. The highest BCUT2D eigenvalue weighted by Gasteiger charge is 2.22. The van der Waals surface area contributed by atoms with Crippen LogP contribution >= 0.6 is 11.8 Å². The van der Waals surface area contributed by atoms with E-state index in [1.165, 1.54) is 0 Å². The van der Waals surface area contributed by atoms with Gasteiger partial charge in [0.05, 0.1) is 6.10 Å². The Labute approximate surface area is 83.8 Å². The smallest absolute Gasteiger partial charge is 0.410 e. The van der Waals surface area contributed by atoms with E-state index in [0.717, 1.165) is 18.8 Å². The first-order valence-corrected chi connectivity index (χ1v) is 5.71. The average molecular weight is 203 g/mol. The maximum absolute atomic E-state index is 11.4. The Kier molecular flexibility index (Phi) is 3.90. The maximum Gasteiger partial charge on any atom is 0.410 e. The lowest BCUT2D eigenvalue weighted by Gasteiger charge is -2.30. The van der Waals surface area contributed by atoms with Gasteiger partial charge >= 0.3 is 6.09 Å². The second-order valence-electron chi connectivity index (χ2n) is 3.56. The SMILES string of the molecule is CC(C)OC(=O)N1CCSC(C)C1. The van der Waals surface area contributed by atoms with Crippen LogP contribution in [0.3, 0.4) is 0 Å². The molecule has 0 saturated carbocycles. The molecule has 0 aromatic heterocycles. The zero-order chi connectivity index (χ0) is 9.84. The zero-order valence-corrected chi connectivity index (χ0v) is 9.26. The van der Waals surface area contributed by atoms with Crippen LogP contribution in [0.2, 0.25) is 0 Å².